The summed E-state index contributed by atoms with van der Waals surface area (Å²) < 4.78 is 0. The number of carbonyl (C=O) groups is 2. The van der Waals surface area contributed by atoms with Gasteiger partial charge in [-0.15, -0.1) is 11.8 Å². The Morgan fingerprint density at radius 3 is 2.52 bits per heavy atom. The molecule has 0 unspecified atom stereocenters. The van der Waals surface area contributed by atoms with Crippen LogP contribution in [0.25, 0.3) is 0 Å². The number of halogens is 1. The highest BCUT2D eigenvalue weighted by Gasteiger charge is 2.32. The number of amides is 2. The van der Waals surface area contributed by atoms with Crippen molar-refractivity contribution < 1.29 is 9.59 Å². The van der Waals surface area contributed by atoms with Gasteiger partial charge in [-0.3, -0.25) is 9.59 Å². The lowest BCUT2D eigenvalue weighted by atomic mass is 9.99. The zero-order chi connectivity index (χ0) is 22.2. The van der Waals surface area contributed by atoms with Gasteiger partial charge in [-0.1, -0.05) is 69.0 Å². The van der Waals surface area contributed by atoms with Gasteiger partial charge in [0.1, 0.15) is 5.37 Å². The smallest absolute Gasteiger partial charge is 0.251 e. The summed E-state index contributed by atoms with van der Waals surface area (Å²) in [4.78, 5) is 26.9. The Labute approximate surface area is 194 Å². The van der Waals surface area contributed by atoms with Crippen LogP contribution in [0.15, 0.2) is 48.5 Å². The molecule has 1 aliphatic rings. The Balaban J connectivity index is 1.62. The van der Waals surface area contributed by atoms with E-state index >= 15 is 0 Å². The Morgan fingerprint density at radius 2 is 1.87 bits per heavy atom. The van der Waals surface area contributed by atoms with Crippen LogP contribution in [0.3, 0.4) is 0 Å². The van der Waals surface area contributed by atoms with Gasteiger partial charge >= 0.3 is 0 Å². The van der Waals surface area contributed by atoms with E-state index in [1.54, 1.807) is 11.8 Å². The number of carbonyl (C=O) groups excluding carboxylic acids is 2. The van der Waals surface area contributed by atoms with Crippen LogP contribution in [0.4, 0.5) is 0 Å². The van der Waals surface area contributed by atoms with E-state index in [1.165, 1.54) is 12.8 Å². The second-order valence-corrected chi connectivity index (χ2v) is 9.56. The number of benzene rings is 2. The summed E-state index contributed by atoms with van der Waals surface area (Å²) >= 11 is 7.60. The van der Waals surface area contributed by atoms with Gasteiger partial charge < -0.3 is 10.2 Å². The number of rotatable bonds is 10. The molecule has 0 bridgehead atoms. The number of hydrogen-bond donors (Lipinski definition) is 1. The quantitative estimate of drug-likeness (QED) is 0.470. The highest BCUT2D eigenvalue weighted by Crippen LogP contribution is 2.39. The largest absolute Gasteiger partial charge is 0.352 e. The minimum absolute atomic E-state index is 0.0327. The monoisotopic (exact) mass is 458 g/mol. The molecule has 6 heteroatoms. The number of thioether (sulfide) groups is 1. The summed E-state index contributed by atoms with van der Waals surface area (Å²) in [5.74, 6) is 1.10. The van der Waals surface area contributed by atoms with Crippen molar-refractivity contribution in [2.75, 3.05) is 12.3 Å². The van der Waals surface area contributed by atoms with E-state index in [0.717, 1.165) is 30.5 Å². The molecule has 166 valence electrons. The van der Waals surface area contributed by atoms with Crippen molar-refractivity contribution in [3.05, 3.63) is 70.2 Å². The molecular formula is C25H31ClN2O2S. The zero-order valence-electron chi connectivity index (χ0n) is 18.3. The minimum atomic E-state index is -0.0428. The van der Waals surface area contributed by atoms with E-state index in [4.69, 9.17) is 11.6 Å². The predicted octanol–water partition coefficient (Wildman–Crippen LogP) is 6.06. The summed E-state index contributed by atoms with van der Waals surface area (Å²) in [5.41, 5.74) is 2.75. The standard InChI is InChI=1S/C25H31ClN2O2S/c1-3-5-6-18(4-2)15-27-24(30)20-9-11-21(12-10-20)25-28(23(29)17-31-25)16-19-7-13-22(26)14-8-19/h7-14,18,25H,3-6,15-17H2,1-2H3,(H,27,30)/t18-,25-/m0/s1. The molecule has 4 nitrogen and oxygen atoms in total. The molecule has 1 N–H and O–H groups in total. The molecule has 0 radical (unpaired) electrons. The van der Waals surface area contributed by atoms with E-state index in [1.807, 2.05) is 53.4 Å². The maximum Gasteiger partial charge on any atom is 0.251 e. The molecule has 0 aromatic heterocycles. The molecule has 0 spiro atoms. The van der Waals surface area contributed by atoms with Crippen molar-refractivity contribution in [3.63, 3.8) is 0 Å². The lowest BCUT2D eigenvalue weighted by Gasteiger charge is -2.24. The molecule has 31 heavy (non-hydrogen) atoms. The zero-order valence-corrected chi connectivity index (χ0v) is 19.8. The van der Waals surface area contributed by atoms with Crippen molar-refractivity contribution >= 4 is 35.2 Å². The van der Waals surface area contributed by atoms with Crippen molar-refractivity contribution in [3.8, 4) is 0 Å². The lowest BCUT2D eigenvalue weighted by Crippen LogP contribution is -2.29. The first-order valence-corrected chi connectivity index (χ1v) is 12.5. The van der Waals surface area contributed by atoms with Crippen molar-refractivity contribution in [1.29, 1.82) is 0 Å². The first-order valence-electron chi connectivity index (χ1n) is 11.1. The number of nitrogens with one attached hydrogen (secondary N) is 1. The summed E-state index contributed by atoms with van der Waals surface area (Å²) in [6.45, 7) is 5.64. The van der Waals surface area contributed by atoms with Gasteiger partial charge in [-0.05, 0) is 47.7 Å². The van der Waals surface area contributed by atoms with E-state index < -0.39 is 0 Å². The van der Waals surface area contributed by atoms with E-state index in [9.17, 15) is 9.59 Å². The van der Waals surface area contributed by atoms with Crippen LogP contribution < -0.4 is 5.32 Å². The average Bonchev–Trinajstić information content (AvgIpc) is 3.15. The van der Waals surface area contributed by atoms with Crippen LogP contribution in [0.1, 0.15) is 66.4 Å². The molecule has 2 aromatic carbocycles. The predicted molar refractivity (Wildman–Crippen MR) is 129 cm³/mol. The Hall–Kier alpha value is -1.98. The molecule has 2 aromatic rings. The molecule has 3 rings (SSSR count). The number of hydrogen-bond acceptors (Lipinski definition) is 3. The molecule has 1 fully saturated rings. The van der Waals surface area contributed by atoms with E-state index in [-0.39, 0.29) is 17.2 Å². The molecule has 0 saturated carbocycles. The molecule has 2 atom stereocenters. The van der Waals surface area contributed by atoms with Crippen LogP contribution >= 0.6 is 23.4 Å². The number of nitrogens with zero attached hydrogens (tertiary/aromatic N) is 1. The molecular weight excluding hydrogens is 428 g/mol. The first-order chi connectivity index (χ1) is 15.0. The van der Waals surface area contributed by atoms with Crippen molar-refractivity contribution in [1.82, 2.24) is 10.2 Å². The van der Waals surface area contributed by atoms with E-state index in [0.29, 0.717) is 28.8 Å². The second kappa shape index (κ2) is 11.6. The summed E-state index contributed by atoms with van der Waals surface area (Å²) in [6.07, 6.45) is 4.62. The van der Waals surface area contributed by atoms with Crippen molar-refractivity contribution in [2.24, 2.45) is 5.92 Å². The van der Waals surface area contributed by atoms with Gasteiger partial charge in [0, 0.05) is 23.7 Å². The SMILES string of the molecule is CCCC[C@H](CC)CNC(=O)c1ccc([C@@H]2SCC(=O)N2Cc2ccc(Cl)cc2)cc1. The Morgan fingerprint density at radius 1 is 1.16 bits per heavy atom. The molecule has 0 aliphatic carbocycles. The summed E-state index contributed by atoms with van der Waals surface area (Å²) in [6, 6.07) is 15.3. The Bertz CT molecular complexity index is 870. The van der Waals surface area contributed by atoms with Crippen LogP contribution in [0.5, 0.6) is 0 Å². The van der Waals surface area contributed by atoms with E-state index in [2.05, 4.69) is 19.2 Å². The van der Waals surface area contributed by atoms with Gasteiger partial charge in [-0.25, -0.2) is 0 Å². The normalized spacial score (nSPS) is 17.1. The van der Waals surface area contributed by atoms with Crippen molar-refractivity contribution in [2.45, 2.75) is 51.4 Å². The first kappa shape index (κ1) is 23.7. The lowest BCUT2D eigenvalue weighted by molar-refractivity contribution is -0.128. The molecule has 1 saturated heterocycles. The second-order valence-electron chi connectivity index (χ2n) is 8.06. The van der Waals surface area contributed by atoms with Gasteiger partial charge in [0.2, 0.25) is 5.91 Å². The summed E-state index contributed by atoms with van der Waals surface area (Å²) in [7, 11) is 0. The highest BCUT2D eigenvalue weighted by molar-refractivity contribution is 8.00. The third-order valence-corrected chi connectivity index (χ3v) is 7.29. The maximum atomic E-state index is 12.6. The fourth-order valence-electron chi connectivity index (χ4n) is 3.77. The Kier molecular flexibility index (Phi) is 8.85. The van der Waals surface area contributed by atoms with Gasteiger partial charge in [-0.2, -0.15) is 0 Å². The fourth-order valence-corrected chi connectivity index (χ4v) is 5.08. The van der Waals surface area contributed by atoms with Gasteiger partial charge in [0.15, 0.2) is 0 Å². The van der Waals surface area contributed by atoms with Crippen LogP contribution in [-0.4, -0.2) is 29.0 Å². The fraction of sp³-hybridized carbons (Fsp3) is 0.440. The van der Waals surface area contributed by atoms with Gasteiger partial charge in [0.25, 0.3) is 5.91 Å². The third-order valence-electron chi connectivity index (χ3n) is 5.79. The third kappa shape index (κ3) is 6.50. The van der Waals surface area contributed by atoms with Gasteiger partial charge in [0.05, 0.1) is 5.75 Å². The molecule has 1 aliphatic heterocycles. The summed E-state index contributed by atoms with van der Waals surface area (Å²) in [5, 5.41) is 3.73. The topological polar surface area (TPSA) is 49.4 Å². The van der Waals surface area contributed by atoms with Crippen LogP contribution in [-0.2, 0) is 11.3 Å². The minimum Gasteiger partial charge on any atom is -0.352 e. The highest BCUT2D eigenvalue weighted by atomic mass is 35.5. The molecule has 2 amide bonds. The average molecular weight is 459 g/mol. The molecule has 1 heterocycles. The van der Waals surface area contributed by atoms with Crippen LogP contribution in [0.2, 0.25) is 5.02 Å². The van der Waals surface area contributed by atoms with Crippen LogP contribution in [0, 0.1) is 5.92 Å². The number of unbranched alkanes of at least 4 members (excludes halogenated alkanes) is 1. The maximum absolute atomic E-state index is 12.6.